The highest BCUT2D eigenvalue weighted by Gasteiger charge is 2.46. The molecule has 1 aliphatic heterocycles. The third-order valence-electron chi connectivity index (χ3n) is 5.26. The lowest BCUT2D eigenvalue weighted by atomic mass is 9.79. The van der Waals surface area contributed by atoms with Crippen LogP contribution in [0.15, 0.2) is 72.5 Å². The summed E-state index contributed by atoms with van der Waals surface area (Å²) in [7, 11) is 1.64. The summed E-state index contributed by atoms with van der Waals surface area (Å²) in [5.41, 5.74) is 7.57. The number of aliphatic carboxylic acids is 1. The monoisotopic (exact) mass is 362 g/mol. The van der Waals surface area contributed by atoms with Gasteiger partial charge in [0.25, 0.3) is 0 Å². The molecule has 0 saturated carbocycles. The van der Waals surface area contributed by atoms with Crippen LogP contribution in [-0.2, 0) is 4.79 Å². The molecule has 1 heterocycles. The third kappa shape index (κ3) is 3.05. The molecule has 2 N–H and O–H groups in total. The number of carboxylic acids is 1. The first-order valence-electron chi connectivity index (χ1n) is 8.96. The van der Waals surface area contributed by atoms with Crippen LogP contribution in [0.5, 0.6) is 5.75 Å². The van der Waals surface area contributed by atoms with Gasteiger partial charge < -0.3 is 15.3 Å². The first-order valence-corrected chi connectivity index (χ1v) is 8.96. The molecular formula is C22H22N2O3. The molecule has 5 heteroatoms. The summed E-state index contributed by atoms with van der Waals surface area (Å²) in [4.78, 5) is 11.9. The molecule has 0 amide bonds. The lowest BCUT2D eigenvalue weighted by Gasteiger charge is -2.30. The highest BCUT2D eigenvalue weighted by molar-refractivity contribution is 5.75. The number of methoxy groups -OCH3 is 1. The summed E-state index contributed by atoms with van der Waals surface area (Å²) in [6.07, 6.45) is 5.56. The maximum atomic E-state index is 11.9. The first kappa shape index (κ1) is 17.2. The van der Waals surface area contributed by atoms with Crippen LogP contribution >= 0.6 is 0 Å². The van der Waals surface area contributed by atoms with Gasteiger partial charge in [-0.15, -0.1) is 0 Å². The second-order valence-corrected chi connectivity index (χ2v) is 6.93. The number of fused-ring (bicyclic) bond motifs is 1. The molecule has 27 heavy (non-hydrogen) atoms. The van der Waals surface area contributed by atoms with E-state index < -0.39 is 11.9 Å². The Morgan fingerprint density at radius 1 is 1.11 bits per heavy atom. The average molecular weight is 362 g/mol. The zero-order chi connectivity index (χ0) is 19.0. The molecule has 4 rings (SSSR count). The van der Waals surface area contributed by atoms with Gasteiger partial charge >= 0.3 is 5.97 Å². The fourth-order valence-electron chi connectivity index (χ4n) is 3.87. The molecule has 0 bridgehead atoms. The summed E-state index contributed by atoms with van der Waals surface area (Å²) in [6, 6.07) is 15.9. The molecule has 138 valence electrons. The maximum absolute atomic E-state index is 11.9. The Morgan fingerprint density at radius 3 is 2.44 bits per heavy atom. The highest BCUT2D eigenvalue weighted by Crippen LogP contribution is 2.46. The van der Waals surface area contributed by atoms with Gasteiger partial charge in [0.2, 0.25) is 0 Å². The van der Waals surface area contributed by atoms with Gasteiger partial charge in [0.15, 0.2) is 0 Å². The lowest BCUT2D eigenvalue weighted by Crippen LogP contribution is -2.33. The van der Waals surface area contributed by atoms with E-state index in [-0.39, 0.29) is 12.0 Å². The Hall–Kier alpha value is -3.21. The number of hydrogen-bond donors (Lipinski definition) is 2. The van der Waals surface area contributed by atoms with Crippen LogP contribution in [-0.4, -0.2) is 18.2 Å². The number of aryl methyl sites for hydroxylation is 1. The Balaban J connectivity index is 1.79. The average Bonchev–Trinajstić information content (AvgIpc) is 3.08. The Morgan fingerprint density at radius 2 is 1.81 bits per heavy atom. The number of allylic oxidation sites excluding steroid dienone is 2. The molecule has 2 aromatic rings. The molecule has 2 aliphatic rings. The summed E-state index contributed by atoms with van der Waals surface area (Å²) in [5, 5.41) is 11.8. The molecule has 1 aliphatic carbocycles. The number of rotatable bonds is 4. The molecule has 0 spiro atoms. The SMILES string of the molecule is COc1ccc(N2NC3=CC=CC(C(=O)O)C3C2c2ccc(C)cc2)cc1. The minimum Gasteiger partial charge on any atom is -0.497 e. The Labute approximate surface area is 158 Å². The summed E-state index contributed by atoms with van der Waals surface area (Å²) < 4.78 is 5.26. The van der Waals surface area contributed by atoms with Crippen molar-refractivity contribution in [1.82, 2.24) is 5.43 Å². The van der Waals surface area contributed by atoms with E-state index in [4.69, 9.17) is 4.74 Å². The number of carbonyl (C=O) groups is 1. The van der Waals surface area contributed by atoms with E-state index in [1.54, 1.807) is 13.2 Å². The highest BCUT2D eigenvalue weighted by atomic mass is 16.5. The van der Waals surface area contributed by atoms with Gasteiger partial charge in [-0.1, -0.05) is 42.0 Å². The second kappa shape index (κ2) is 6.83. The summed E-state index contributed by atoms with van der Waals surface area (Å²) in [5.74, 6) is -0.784. The van der Waals surface area contributed by atoms with Crippen molar-refractivity contribution < 1.29 is 14.6 Å². The smallest absolute Gasteiger partial charge is 0.311 e. The number of benzene rings is 2. The number of nitrogens with one attached hydrogen (secondary N) is 1. The van der Waals surface area contributed by atoms with Crippen LogP contribution in [0.2, 0.25) is 0 Å². The van der Waals surface area contributed by atoms with E-state index in [0.29, 0.717) is 0 Å². The molecule has 2 aromatic carbocycles. The van der Waals surface area contributed by atoms with Gasteiger partial charge in [0.1, 0.15) is 5.75 Å². The maximum Gasteiger partial charge on any atom is 0.311 e. The molecule has 1 fully saturated rings. The van der Waals surface area contributed by atoms with E-state index >= 15 is 0 Å². The van der Waals surface area contributed by atoms with E-state index in [2.05, 4.69) is 34.7 Å². The van der Waals surface area contributed by atoms with Crippen LogP contribution in [0.3, 0.4) is 0 Å². The van der Waals surface area contributed by atoms with Crippen molar-refractivity contribution in [2.45, 2.75) is 13.0 Å². The van der Waals surface area contributed by atoms with Crippen molar-refractivity contribution >= 4 is 11.7 Å². The molecule has 0 radical (unpaired) electrons. The van der Waals surface area contributed by atoms with Crippen LogP contribution in [0.25, 0.3) is 0 Å². The van der Waals surface area contributed by atoms with E-state index in [0.717, 1.165) is 22.7 Å². The predicted molar refractivity (Wildman–Crippen MR) is 104 cm³/mol. The molecule has 5 nitrogen and oxygen atoms in total. The van der Waals surface area contributed by atoms with E-state index in [1.807, 2.05) is 43.3 Å². The summed E-state index contributed by atoms with van der Waals surface area (Å²) in [6.45, 7) is 2.05. The minimum absolute atomic E-state index is 0.128. The van der Waals surface area contributed by atoms with Gasteiger partial charge in [-0.3, -0.25) is 9.80 Å². The molecular weight excluding hydrogens is 340 g/mol. The fourth-order valence-corrected chi connectivity index (χ4v) is 3.87. The number of hydrazine groups is 1. The second-order valence-electron chi connectivity index (χ2n) is 6.93. The Kier molecular flexibility index (Phi) is 4.36. The topological polar surface area (TPSA) is 61.8 Å². The molecule has 3 atom stereocenters. The zero-order valence-electron chi connectivity index (χ0n) is 15.3. The van der Waals surface area contributed by atoms with Crippen LogP contribution in [0, 0.1) is 18.8 Å². The first-order chi connectivity index (χ1) is 13.1. The van der Waals surface area contributed by atoms with Crippen LogP contribution in [0.4, 0.5) is 5.69 Å². The van der Waals surface area contributed by atoms with E-state index in [9.17, 15) is 9.90 Å². The zero-order valence-corrected chi connectivity index (χ0v) is 15.3. The lowest BCUT2D eigenvalue weighted by molar-refractivity contribution is -0.141. The van der Waals surface area contributed by atoms with Crippen molar-refractivity contribution in [3.63, 3.8) is 0 Å². The van der Waals surface area contributed by atoms with Gasteiger partial charge in [-0.05, 0) is 42.8 Å². The van der Waals surface area contributed by atoms with Crippen LogP contribution in [0.1, 0.15) is 17.2 Å². The van der Waals surface area contributed by atoms with Gasteiger partial charge in [0, 0.05) is 11.6 Å². The molecule has 1 saturated heterocycles. The minimum atomic E-state index is -0.808. The van der Waals surface area contributed by atoms with E-state index in [1.165, 1.54) is 5.56 Å². The third-order valence-corrected chi connectivity index (χ3v) is 5.26. The van der Waals surface area contributed by atoms with Gasteiger partial charge in [0.05, 0.1) is 24.8 Å². The van der Waals surface area contributed by atoms with Gasteiger partial charge in [-0.25, -0.2) is 0 Å². The van der Waals surface area contributed by atoms with Crippen molar-refractivity contribution in [2.24, 2.45) is 11.8 Å². The van der Waals surface area contributed by atoms with Crippen molar-refractivity contribution in [3.05, 3.63) is 83.6 Å². The van der Waals surface area contributed by atoms with Gasteiger partial charge in [-0.2, -0.15) is 0 Å². The largest absolute Gasteiger partial charge is 0.497 e. The standard InChI is InChI=1S/C22H22N2O3/c1-14-6-8-15(9-7-14)21-20-18(22(25)26)4-3-5-19(20)23-24(21)16-10-12-17(27-2)13-11-16/h3-13,18,20-21,23H,1-2H3,(H,25,26). The number of ether oxygens (including phenoxy) is 1. The number of carboxylic acid groups (broad SMARTS) is 1. The van der Waals surface area contributed by atoms with Crippen molar-refractivity contribution in [2.75, 3.05) is 12.1 Å². The number of anilines is 1. The predicted octanol–water partition coefficient (Wildman–Crippen LogP) is 3.84. The number of nitrogens with zero attached hydrogens (tertiary/aromatic N) is 1. The number of hydrogen-bond acceptors (Lipinski definition) is 4. The summed E-state index contributed by atoms with van der Waals surface area (Å²) >= 11 is 0. The fraction of sp³-hybridized carbons (Fsp3) is 0.227. The van der Waals surface area contributed by atoms with Crippen molar-refractivity contribution in [3.8, 4) is 5.75 Å². The Bertz CT molecular complexity index is 900. The molecule has 3 unspecified atom stereocenters. The quantitative estimate of drug-likeness (QED) is 0.865. The van der Waals surface area contributed by atoms with Crippen LogP contribution < -0.4 is 15.2 Å². The normalized spacial score (nSPS) is 23.4. The van der Waals surface area contributed by atoms with Crippen molar-refractivity contribution in [1.29, 1.82) is 0 Å². The molecule has 0 aromatic heterocycles.